The van der Waals surface area contributed by atoms with Gasteiger partial charge in [-0.3, -0.25) is 4.79 Å². The molecular weight excluding hydrogens is 218 g/mol. The molecule has 0 aromatic heterocycles. The van der Waals surface area contributed by atoms with E-state index in [0.29, 0.717) is 19.1 Å². The molecule has 0 radical (unpaired) electrons. The third-order valence-electron chi connectivity index (χ3n) is 4.53. The van der Waals surface area contributed by atoms with Crippen molar-refractivity contribution in [3.63, 3.8) is 0 Å². The van der Waals surface area contributed by atoms with Gasteiger partial charge in [-0.25, -0.2) is 0 Å². The van der Waals surface area contributed by atoms with Gasteiger partial charge < -0.3 is 21.1 Å². The van der Waals surface area contributed by atoms with Crippen molar-refractivity contribution < 1.29 is 9.53 Å². The number of amides is 1. The van der Waals surface area contributed by atoms with Crippen LogP contribution in [0.3, 0.4) is 0 Å². The Labute approximate surface area is 101 Å². The van der Waals surface area contributed by atoms with Gasteiger partial charge in [0.1, 0.15) is 0 Å². The molecule has 4 N–H and O–H groups in total. The van der Waals surface area contributed by atoms with Crippen LogP contribution in [0.4, 0.5) is 0 Å². The largest absolute Gasteiger partial charge is 0.380 e. The zero-order valence-corrected chi connectivity index (χ0v) is 10.1. The first-order valence-corrected chi connectivity index (χ1v) is 6.50. The van der Waals surface area contributed by atoms with Gasteiger partial charge >= 0.3 is 0 Å². The highest BCUT2D eigenvalue weighted by Crippen LogP contribution is 2.38. The second-order valence-corrected chi connectivity index (χ2v) is 5.87. The lowest BCUT2D eigenvalue weighted by Gasteiger charge is -2.37. The highest BCUT2D eigenvalue weighted by atomic mass is 16.5. The maximum atomic E-state index is 12.4. The van der Waals surface area contributed by atoms with Gasteiger partial charge in [0, 0.05) is 25.2 Å². The summed E-state index contributed by atoms with van der Waals surface area (Å²) in [6, 6.07) is 0. The molecule has 0 spiro atoms. The molecule has 3 fully saturated rings. The molecule has 5 heteroatoms. The Morgan fingerprint density at radius 2 is 2.35 bits per heavy atom. The van der Waals surface area contributed by atoms with E-state index in [9.17, 15) is 4.79 Å². The van der Waals surface area contributed by atoms with E-state index >= 15 is 0 Å². The fraction of sp³-hybridized carbons (Fsp3) is 0.917. The van der Waals surface area contributed by atoms with E-state index in [2.05, 4.69) is 10.6 Å². The summed E-state index contributed by atoms with van der Waals surface area (Å²) in [5.74, 6) is 0.549. The van der Waals surface area contributed by atoms with Crippen LogP contribution in [0.1, 0.15) is 19.3 Å². The average molecular weight is 239 g/mol. The molecule has 1 aliphatic carbocycles. The lowest BCUT2D eigenvalue weighted by atomic mass is 9.75. The second kappa shape index (κ2) is 3.93. The van der Waals surface area contributed by atoms with E-state index in [1.54, 1.807) is 0 Å². The van der Waals surface area contributed by atoms with Crippen LogP contribution in [-0.4, -0.2) is 44.3 Å². The number of carbonyl (C=O) groups excluding carboxylic acids is 1. The molecule has 0 unspecified atom stereocenters. The van der Waals surface area contributed by atoms with Crippen molar-refractivity contribution >= 4 is 5.91 Å². The number of fused-ring (bicyclic) bond motifs is 1. The topological polar surface area (TPSA) is 76.4 Å². The van der Waals surface area contributed by atoms with Crippen LogP contribution in [0.2, 0.25) is 0 Å². The highest BCUT2D eigenvalue weighted by Gasteiger charge is 2.51. The number of hydrogen-bond acceptors (Lipinski definition) is 4. The van der Waals surface area contributed by atoms with E-state index in [-0.39, 0.29) is 16.9 Å². The molecule has 0 aromatic rings. The van der Waals surface area contributed by atoms with Crippen molar-refractivity contribution in [3.05, 3.63) is 0 Å². The summed E-state index contributed by atoms with van der Waals surface area (Å²) in [5.41, 5.74) is 5.53. The van der Waals surface area contributed by atoms with Crippen molar-refractivity contribution in [3.8, 4) is 0 Å². The summed E-state index contributed by atoms with van der Waals surface area (Å²) < 4.78 is 5.52. The summed E-state index contributed by atoms with van der Waals surface area (Å²) in [7, 11) is 0. The van der Waals surface area contributed by atoms with Crippen LogP contribution in [0.15, 0.2) is 0 Å². The van der Waals surface area contributed by atoms with Gasteiger partial charge in [-0.2, -0.15) is 0 Å². The van der Waals surface area contributed by atoms with Crippen molar-refractivity contribution in [2.75, 3.05) is 32.8 Å². The van der Waals surface area contributed by atoms with Gasteiger partial charge in [0.05, 0.1) is 12.0 Å². The number of carbonyl (C=O) groups is 1. The van der Waals surface area contributed by atoms with E-state index in [1.165, 1.54) is 0 Å². The molecule has 96 valence electrons. The Hall–Kier alpha value is -0.650. The normalized spacial score (nSPS) is 38.5. The number of nitrogens with one attached hydrogen (secondary N) is 2. The average Bonchev–Trinajstić information content (AvgIpc) is 2.92. The van der Waals surface area contributed by atoms with Crippen LogP contribution >= 0.6 is 0 Å². The van der Waals surface area contributed by atoms with Gasteiger partial charge in [0.15, 0.2) is 0 Å². The Kier molecular flexibility index (Phi) is 2.65. The Morgan fingerprint density at radius 3 is 3.12 bits per heavy atom. The molecular formula is C12H21N3O2. The Balaban J connectivity index is 1.65. The van der Waals surface area contributed by atoms with Crippen LogP contribution in [0.5, 0.6) is 0 Å². The van der Waals surface area contributed by atoms with Crippen LogP contribution in [0, 0.1) is 11.3 Å². The monoisotopic (exact) mass is 239 g/mol. The maximum absolute atomic E-state index is 12.4. The Morgan fingerprint density at radius 1 is 1.53 bits per heavy atom. The third-order valence-corrected chi connectivity index (χ3v) is 4.53. The van der Waals surface area contributed by atoms with Crippen molar-refractivity contribution in [2.24, 2.45) is 17.1 Å². The zero-order valence-electron chi connectivity index (χ0n) is 10.1. The minimum absolute atomic E-state index is 0.122. The standard InChI is InChI=1S/C12H21N3O2/c13-11(2-3-11)6-15-10(16)12-7-14-5-9(12)1-4-17-8-12/h9,14H,1-8,13H2,(H,15,16)/t9-,12+/m1/s1. The number of nitrogens with two attached hydrogens (primary N) is 1. The molecule has 2 atom stereocenters. The molecule has 2 saturated heterocycles. The lowest BCUT2D eigenvalue weighted by Crippen LogP contribution is -2.54. The van der Waals surface area contributed by atoms with Gasteiger partial charge in [-0.1, -0.05) is 0 Å². The van der Waals surface area contributed by atoms with Crippen molar-refractivity contribution in [1.29, 1.82) is 0 Å². The Bertz CT molecular complexity index is 330. The van der Waals surface area contributed by atoms with Crippen LogP contribution in [-0.2, 0) is 9.53 Å². The molecule has 1 saturated carbocycles. The molecule has 5 nitrogen and oxygen atoms in total. The first-order chi connectivity index (χ1) is 8.15. The highest BCUT2D eigenvalue weighted by molar-refractivity contribution is 5.84. The lowest BCUT2D eigenvalue weighted by molar-refractivity contribution is -0.141. The molecule has 2 heterocycles. The third kappa shape index (κ3) is 1.96. The SMILES string of the molecule is NC1(CNC(=O)[C@]23CNC[C@H]2CCOC3)CC1. The zero-order chi connectivity index (χ0) is 11.9. The molecule has 1 amide bonds. The predicted octanol–water partition coefficient (Wildman–Crippen LogP) is -0.780. The number of ether oxygens (including phenoxy) is 1. The van der Waals surface area contributed by atoms with E-state index in [0.717, 1.165) is 39.0 Å². The summed E-state index contributed by atoms with van der Waals surface area (Å²) in [6.07, 6.45) is 3.03. The van der Waals surface area contributed by atoms with E-state index in [1.807, 2.05) is 0 Å². The van der Waals surface area contributed by atoms with Gasteiger partial charge in [0.2, 0.25) is 5.91 Å². The molecule has 0 bridgehead atoms. The quantitative estimate of drug-likeness (QED) is 0.604. The first kappa shape index (κ1) is 11.4. The number of hydrogen-bond donors (Lipinski definition) is 3. The molecule has 3 aliphatic rings. The molecule has 2 aliphatic heterocycles. The minimum atomic E-state index is -0.344. The first-order valence-electron chi connectivity index (χ1n) is 6.50. The summed E-state index contributed by atoms with van der Waals surface area (Å²) in [6.45, 7) is 3.61. The van der Waals surface area contributed by atoms with Crippen LogP contribution < -0.4 is 16.4 Å². The summed E-state index contributed by atoms with van der Waals surface area (Å²) in [5, 5.41) is 6.36. The van der Waals surface area contributed by atoms with Crippen molar-refractivity contribution in [1.82, 2.24) is 10.6 Å². The van der Waals surface area contributed by atoms with E-state index in [4.69, 9.17) is 10.5 Å². The van der Waals surface area contributed by atoms with Gasteiger partial charge in [-0.15, -0.1) is 0 Å². The van der Waals surface area contributed by atoms with Crippen LogP contribution in [0.25, 0.3) is 0 Å². The smallest absolute Gasteiger partial charge is 0.230 e. The fourth-order valence-corrected chi connectivity index (χ4v) is 2.94. The molecule has 3 rings (SSSR count). The predicted molar refractivity (Wildman–Crippen MR) is 63.4 cm³/mol. The summed E-state index contributed by atoms with van der Waals surface area (Å²) in [4.78, 5) is 12.4. The second-order valence-electron chi connectivity index (χ2n) is 5.87. The van der Waals surface area contributed by atoms with Gasteiger partial charge in [-0.05, 0) is 31.7 Å². The molecule has 0 aromatic carbocycles. The van der Waals surface area contributed by atoms with Crippen molar-refractivity contribution in [2.45, 2.75) is 24.8 Å². The van der Waals surface area contributed by atoms with E-state index < -0.39 is 0 Å². The summed E-state index contributed by atoms with van der Waals surface area (Å²) >= 11 is 0. The van der Waals surface area contributed by atoms with Gasteiger partial charge in [0.25, 0.3) is 0 Å². The fourth-order valence-electron chi connectivity index (χ4n) is 2.94. The molecule has 17 heavy (non-hydrogen) atoms. The number of rotatable bonds is 3. The minimum Gasteiger partial charge on any atom is -0.380 e. The maximum Gasteiger partial charge on any atom is 0.230 e.